The molecule has 0 amide bonds. The van der Waals surface area contributed by atoms with E-state index in [0.29, 0.717) is 11.8 Å². The van der Waals surface area contributed by atoms with E-state index in [2.05, 4.69) is 27.7 Å². The predicted molar refractivity (Wildman–Crippen MR) is 67.5 cm³/mol. The van der Waals surface area contributed by atoms with E-state index >= 15 is 0 Å². The van der Waals surface area contributed by atoms with Crippen LogP contribution in [0.1, 0.15) is 53.4 Å². The number of aliphatic hydroxyl groups excluding tert-OH is 1. The quantitative estimate of drug-likeness (QED) is 0.681. The summed E-state index contributed by atoms with van der Waals surface area (Å²) in [6, 6.07) is 0. The lowest BCUT2D eigenvalue weighted by molar-refractivity contribution is -0.323. The third-order valence-corrected chi connectivity index (χ3v) is 7.00. The monoisotopic (exact) mass is 238 g/mol. The van der Waals surface area contributed by atoms with Gasteiger partial charge in [-0.1, -0.05) is 27.7 Å². The molecule has 17 heavy (non-hydrogen) atoms. The van der Waals surface area contributed by atoms with Crippen molar-refractivity contribution in [3.05, 3.63) is 0 Å². The van der Waals surface area contributed by atoms with Crippen molar-refractivity contribution in [2.75, 3.05) is 0 Å². The Morgan fingerprint density at radius 2 is 1.71 bits per heavy atom. The van der Waals surface area contributed by atoms with Gasteiger partial charge in [-0.25, -0.2) is 0 Å². The van der Waals surface area contributed by atoms with Crippen molar-refractivity contribution in [2.45, 2.75) is 65.1 Å². The number of hydrogen-bond acceptors (Lipinski definition) is 2. The van der Waals surface area contributed by atoms with E-state index in [9.17, 15) is 10.2 Å². The maximum absolute atomic E-state index is 11.3. The highest BCUT2D eigenvalue weighted by molar-refractivity contribution is 5.22. The van der Waals surface area contributed by atoms with Gasteiger partial charge >= 0.3 is 0 Å². The molecule has 2 N–H and O–H groups in total. The van der Waals surface area contributed by atoms with Crippen molar-refractivity contribution in [2.24, 2.45) is 28.6 Å². The molecular formula is C15H26O2. The van der Waals surface area contributed by atoms with Gasteiger partial charge in [0.1, 0.15) is 0 Å². The van der Waals surface area contributed by atoms with Crippen LogP contribution in [0.4, 0.5) is 0 Å². The van der Waals surface area contributed by atoms with Gasteiger partial charge in [0.25, 0.3) is 0 Å². The molecule has 98 valence electrons. The molecule has 0 aromatic rings. The fourth-order valence-corrected chi connectivity index (χ4v) is 5.92. The first-order chi connectivity index (χ1) is 7.76. The Morgan fingerprint density at radius 3 is 2.35 bits per heavy atom. The third-order valence-electron chi connectivity index (χ3n) is 7.00. The van der Waals surface area contributed by atoms with Gasteiger partial charge in [-0.05, 0) is 48.9 Å². The Balaban J connectivity index is 2.17. The molecule has 0 saturated heterocycles. The number of hydrogen-bond donors (Lipinski definition) is 2. The van der Waals surface area contributed by atoms with Gasteiger partial charge in [0.15, 0.2) is 0 Å². The first kappa shape index (κ1) is 12.0. The summed E-state index contributed by atoms with van der Waals surface area (Å²) < 4.78 is 0. The fourth-order valence-electron chi connectivity index (χ4n) is 5.92. The van der Waals surface area contributed by atoms with Gasteiger partial charge in [0, 0.05) is 5.41 Å². The molecule has 4 rings (SSSR count). The van der Waals surface area contributed by atoms with Gasteiger partial charge in [0.2, 0.25) is 0 Å². The molecule has 4 aliphatic carbocycles. The first-order valence-electron chi connectivity index (χ1n) is 7.16. The van der Waals surface area contributed by atoms with Crippen LogP contribution in [0.25, 0.3) is 0 Å². The van der Waals surface area contributed by atoms with E-state index in [-0.39, 0.29) is 22.9 Å². The number of aliphatic hydroxyl groups is 2. The molecule has 0 aromatic carbocycles. The Hall–Kier alpha value is -0.0800. The maximum atomic E-state index is 11.3. The highest BCUT2D eigenvalue weighted by Gasteiger charge is 2.72. The molecule has 0 aromatic heterocycles. The van der Waals surface area contributed by atoms with Crippen molar-refractivity contribution in [1.29, 1.82) is 0 Å². The zero-order valence-electron chi connectivity index (χ0n) is 11.5. The zero-order valence-corrected chi connectivity index (χ0v) is 11.5. The van der Waals surface area contributed by atoms with Crippen LogP contribution >= 0.6 is 0 Å². The molecule has 0 radical (unpaired) electrons. The van der Waals surface area contributed by atoms with Crippen LogP contribution in [0.15, 0.2) is 0 Å². The summed E-state index contributed by atoms with van der Waals surface area (Å²) in [6.07, 6.45) is 3.93. The van der Waals surface area contributed by atoms with E-state index in [0.717, 1.165) is 25.7 Å². The second-order valence-electron chi connectivity index (χ2n) is 7.68. The highest BCUT2D eigenvalue weighted by Crippen LogP contribution is 2.71. The minimum Gasteiger partial charge on any atom is -0.392 e. The van der Waals surface area contributed by atoms with Gasteiger partial charge in [-0.2, -0.15) is 0 Å². The van der Waals surface area contributed by atoms with Crippen molar-refractivity contribution >= 4 is 0 Å². The SMILES string of the molecule is C[C@@H]1CC[C@]2(O)C(C)(C)[C@H]3CC[C@]2(C)[C@@H]1[C@@H]3O. The molecular weight excluding hydrogens is 212 g/mol. The third kappa shape index (κ3) is 1.06. The summed E-state index contributed by atoms with van der Waals surface area (Å²) in [6.45, 7) is 8.83. The van der Waals surface area contributed by atoms with E-state index < -0.39 is 5.60 Å². The molecule has 2 heteroatoms. The molecule has 4 fully saturated rings. The van der Waals surface area contributed by atoms with Crippen molar-refractivity contribution in [3.8, 4) is 0 Å². The Kier molecular flexibility index (Phi) is 2.17. The molecule has 4 bridgehead atoms. The van der Waals surface area contributed by atoms with Crippen LogP contribution in [-0.2, 0) is 0 Å². The topological polar surface area (TPSA) is 40.5 Å². The second-order valence-corrected chi connectivity index (χ2v) is 7.68. The van der Waals surface area contributed by atoms with E-state index in [1.165, 1.54) is 0 Å². The number of rotatable bonds is 0. The number of fused-ring (bicyclic) bond motifs is 1. The van der Waals surface area contributed by atoms with Crippen LogP contribution in [0.3, 0.4) is 0 Å². The Morgan fingerprint density at radius 1 is 1.06 bits per heavy atom. The Bertz CT molecular complexity index is 351. The summed E-state index contributed by atoms with van der Waals surface area (Å²) in [5.74, 6) is 1.13. The minimum atomic E-state index is -0.570. The van der Waals surface area contributed by atoms with E-state index in [4.69, 9.17) is 0 Å². The van der Waals surface area contributed by atoms with Crippen molar-refractivity contribution < 1.29 is 10.2 Å². The summed E-state index contributed by atoms with van der Waals surface area (Å²) in [5, 5.41) is 22.0. The van der Waals surface area contributed by atoms with Crippen LogP contribution < -0.4 is 0 Å². The van der Waals surface area contributed by atoms with Gasteiger partial charge in [-0.3, -0.25) is 0 Å². The van der Waals surface area contributed by atoms with Crippen molar-refractivity contribution in [1.82, 2.24) is 0 Å². The highest BCUT2D eigenvalue weighted by atomic mass is 16.3. The molecule has 0 aliphatic heterocycles. The van der Waals surface area contributed by atoms with Crippen LogP contribution in [0.5, 0.6) is 0 Å². The molecule has 0 heterocycles. The molecule has 4 aliphatic rings. The first-order valence-corrected chi connectivity index (χ1v) is 7.16. The van der Waals surface area contributed by atoms with Crippen LogP contribution in [0.2, 0.25) is 0 Å². The minimum absolute atomic E-state index is 0.0810. The molecule has 6 atom stereocenters. The zero-order chi connectivity index (χ0) is 12.6. The Labute approximate surface area is 104 Å². The lowest BCUT2D eigenvalue weighted by Gasteiger charge is -2.73. The summed E-state index contributed by atoms with van der Waals surface area (Å²) in [4.78, 5) is 0. The predicted octanol–water partition coefficient (Wildman–Crippen LogP) is 2.58. The average molecular weight is 238 g/mol. The molecule has 4 saturated carbocycles. The lowest BCUT2D eigenvalue weighted by atomic mass is 9.34. The molecule has 2 nitrogen and oxygen atoms in total. The van der Waals surface area contributed by atoms with Gasteiger partial charge in [-0.15, -0.1) is 0 Å². The van der Waals surface area contributed by atoms with Gasteiger partial charge < -0.3 is 10.2 Å². The van der Waals surface area contributed by atoms with Crippen molar-refractivity contribution in [3.63, 3.8) is 0 Å². The van der Waals surface area contributed by atoms with Crippen LogP contribution in [-0.4, -0.2) is 21.9 Å². The van der Waals surface area contributed by atoms with Gasteiger partial charge in [0.05, 0.1) is 11.7 Å². The summed E-state index contributed by atoms with van der Waals surface area (Å²) in [7, 11) is 0. The standard InChI is InChI=1S/C15H26O2/c1-9-5-8-15(17)13(2,3)10-6-7-14(15,4)11(9)12(10)16/h9-12,16-17H,5-8H2,1-4H3/t9-,10+,11+,12-,14-,15+/m1/s1. The average Bonchev–Trinajstić information content (AvgIpc) is 2.22. The summed E-state index contributed by atoms with van der Waals surface area (Å²) in [5.41, 5.74) is -0.794. The summed E-state index contributed by atoms with van der Waals surface area (Å²) >= 11 is 0. The largest absolute Gasteiger partial charge is 0.392 e. The normalized spacial score (nSPS) is 60.4. The van der Waals surface area contributed by atoms with E-state index in [1.54, 1.807) is 0 Å². The lowest BCUT2D eigenvalue weighted by Crippen LogP contribution is -2.75. The molecule has 0 unspecified atom stereocenters. The second kappa shape index (κ2) is 3.08. The fraction of sp³-hybridized carbons (Fsp3) is 1.00. The maximum Gasteiger partial charge on any atom is 0.0759 e. The molecule has 0 spiro atoms. The smallest absolute Gasteiger partial charge is 0.0759 e. The van der Waals surface area contributed by atoms with E-state index in [1.807, 2.05) is 0 Å². The van der Waals surface area contributed by atoms with Crippen LogP contribution in [0, 0.1) is 28.6 Å².